The van der Waals surface area contributed by atoms with Gasteiger partial charge in [-0.05, 0) is 38.6 Å². The average Bonchev–Trinajstić information content (AvgIpc) is 2.37. The van der Waals surface area contributed by atoms with Gasteiger partial charge in [0.2, 0.25) is 0 Å². The fourth-order valence-electron chi connectivity index (χ4n) is 2.67. The normalized spacial score (nSPS) is 15.0. The zero-order valence-electron chi connectivity index (χ0n) is 14.0. The molecule has 120 valence electrons. The van der Waals surface area contributed by atoms with Gasteiger partial charge < -0.3 is 10.6 Å². The zero-order valence-corrected chi connectivity index (χ0v) is 15.6. The van der Waals surface area contributed by atoms with E-state index >= 15 is 0 Å². The summed E-state index contributed by atoms with van der Waals surface area (Å²) < 4.78 is 1.14. The summed E-state index contributed by atoms with van der Waals surface area (Å²) in [5, 5.41) is 0. The van der Waals surface area contributed by atoms with Gasteiger partial charge in [0, 0.05) is 30.1 Å². The van der Waals surface area contributed by atoms with Gasteiger partial charge in [-0.25, -0.2) is 0 Å². The standard InChI is InChI=1S/C17H30BrN3/c1-13(2)12-21(11-10-20(4)5)17(14(3)19)15-8-6-7-9-16(15)18/h6-9,13-14,17H,10-12,19H2,1-5H3. The number of hydrogen-bond donors (Lipinski definition) is 1. The monoisotopic (exact) mass is 355 g/mol. The van der Waals surface area contributed by atoms with Crippen molar-refractivity contribution >= 4 is 15.9 Å². The molecule has 0 aliphatic rings. The molecule has 0 aromatic heterocycles. The van der Waals surface area contributed by atoms with Crippen LogP contribution < -0.4 is 5.73 Å². The molecule has 2 atom stereocenters. The summed E-state index contributed by atoms with van der Waals surface area (Å²) >= 11 is 3.69. The molecule has 2 N–H and O–H groups in total. The minimum absolute atomic E-state index is 0.0876. The molecule has 4 heteroatoms. The molecule has 21 heavy (non-hydrogen) atoms. The Morgan fingerprint density at radius 3 is 2.19 bits per heavy atom. The Morgan fingerprint density at radius 1 is 1.10 bits per heavy atom. The first-order chi connectivity index (χ1) is 9.82. The molecule has 0 amide bonds. The van der Waals surface area contributed by atoms with Crippen molar-refractivity contribution < 1.29 is 0 Å². The van der Waals surface area contributed by atoms with Crippen molar-refractivity contribution in [3.05, 3.63) is 34.3 Å². The number of hydrogen-bond acceptors (Lipinski definition) is 3. The summed E-state index contributed by atoms with van der Waals surface area (Å²) in [6, 6.07) is 8.76. The molecule has 0 bridgehead atoms. The van der Waals surface area contributed by atoms with Crippen LogP contribution >= 0.6 is 15.9 Å². The number of nitrogens with two attached hydrogens (primary N) is 1. The Labute approximate surface area is 138 Å². The molecule has 0 aliphatic carbocycles. The molecule has 1 aromatic carbocycles. The van der Waals surface area contributed by atoms with Crippen molar-refractivity contribution in [3.63, 3.8) is 0 Å². The zero-order chi connectivity index (χ0) is 16.0. The van der Waals surface area contributed by atoms with E-state index in [9.17, 15) is 0 Å². The van der Waals surface area contributed by atoms with Crippen LogP contribution in [0.15, 0.2) is 28.7 Å². The topological polar surface area (TPSA) is 32.5 Å². The number of halogens is 1. The molecule has 2 unspecified atom stereocenters. The van der Waals surface area contributed by atoms with E-state index in [1.54, 1.807) is 0 Å². The Bertz CT molecular complexity index is 418. The molecule has 0 spiro atoms. The predicted octanol–water partition coefficient (Wildman–Crippen LogP) is 3.36. The number of likely N-dealkylation sites (N-methyl/N-ethyl adjacent to an activating group) is 1. The Hall–Kier alpha value is -0.420. The van der Waals surface area contributed by atoms with Crippen LogP contribution in [-0.4, -0.2) is 49.6 Å². The molecule has 0 fully saturated rings. The van der Waals surface area contributed by atoms with Gasteiger partial charge in [-0.2, -0.15) is 0 Å². The molecule has 0 saturated carbocycles. The lowest BCUT2D eigenvalue weighted by Crippen LogP contribution is -2.44. The fraction of sp³-hybridized carbons (Fsp3) is 0.647. The van der Waals surface area contributed by atoms with Crippen molar-refractivity contribution in [1.29, 1.82) is 0 Å². The van der Waals surface area contributed by atoms with E-state index in [-0.39, 0.29) is 12.1 Å². The predicted molar refractivity (Wildman–Crippen MR) is 95.5 cm³/mol. The maximum atomic E-state index is 6.34. The highest BCUT2D eigenvalue weighted by Crippen LogP contribution is 2.30. The first-order valence-electron chi connectivity index (χ1n) is 7.71. The molecule has 1 aromatic rings. The molecule has 0 saturated heterocycles. The lowest BCUT2D eigenvalue weighted by molar-refractivity contribution is 0.143. The highest BCUT2D eigenvalue weighted by molar-refractivity contribution is 9.10. The minimum Gasteiger partial charge on any atom is -0.326 e. The van der Waals surface area contributed by atoms with Gasteiger partial charge in [0.1, 0.15) is 0 Å². The van der Waals surface area contributed by atoms with Crippen LogP contribution in [0.2, 0.25) is 0 Å². The molecular formula is C17H30BrN3. The molecular weight excluding hydrogens is 326 g/mol. The highest BCUT2D eigenvalue weighted by Gasteiger charge is 2.26. The smallest absolute Gasteiger partial charge is 0.0508 e. The first kappa shape index (κ1) is 18.6. The van der Waals surface area contributed by atoms with Crippen molar-refractivity contribution in [3.8, 4) is 0 Å². The second-order valence-corrected chi connectivity index (χ2v) is 7.37. The lowest BCUT2D eigenvalue weighted by atomic mass is 9.98. The van der Waals surface area contributed by atoms with Crippen LogP contribution in [0.5, 0.6) is 0 Å². The summed E-state index contributed by atoms with van der Waals surface area (Å²) in [5.74, 6) is 0.621. The Balaban J connectivity index is 3.04. The van der Waals surface area contributed by atoms with Crippen LogP contribution in [-0.2, 0) is 0 Å². The molecule has 3 nitrogen and oxygen atoms in total. The Kier molecular flexibility index (Phi) is 7.88. The number of rotatable bonds is 8. The van der Waals surface area contributed by atoms with Crippen LogP contribution in [0.4, 0.5) is 0 Å². The Morgan fingerprint density at radius 2 is 1.71 bits per heavy atom. The molecule has 0 heterocycles. The summed E-state index contributed by atoms with van der Waals surface area (Å²) in [6.07, 6.45) is 0. The second kappa shape index (κ2) is 8.89. The second-order valence-electron chi connectivity index (χ2n) is 6.52. The van der Waals surface area contributed by atoms with E-state index in [0.29, 0.717) is 5.92 Å². The van der Waals surface area contributed by atoms with Crippen LogP contribution in [0.25, 0.3) is 0 Å². The molecule has 1 rings (SSSR count). The summed E-state index contributed by atoms with van der Waals surface area (Å²) in [6.45, 7) is 9.76. The van der Waals surface area contributed by atoms with Gasteiger partial charge in [-0.1, -0.05) is 48.0 Å². The van der Waals surface area contributed by atoms with Gasteiger partial charge in [-0.3, -0.25) is 4.90 Å². The number of nitrogens with zero attached hydrogens (tertiary/aromatic N) is 2. The third-order valence-corrected chi connectivity index (χ3v) is 4.27. The van der Waals surface area contributed by atoms with E-state index in [1.165, 1.54) is 5.56 Å². The van der Waals surface area contributed by atoms with Crippen molar-refractivity contribution in [2.24, 2.45) is 11.7 Å². The van der Waals surface area contributed by atoms with E-state index < -0.39 is 0 Å². The lowest BCUT2D eigenvalue weighted by Gasteiger charge is -2.37. The van der Waals surface area contributed by atoms with E-state index in [1.807, 2.05) is 0 Å². The van der Waals surface area contributed by atoms with E-state index in [4.69, 9.17) is 5.73 Å². The SMILES string of the molecule is CC(C)CN(CCN(C)C)C(c1ccccc1Br)C(C)N. The van der Waals surface area contributed by atoms with Crippen LogP contribution in [0, 0.1) is 5.92 Å². The molecule has 0 aliphatic heterocycles. The largest absolute Gasteiger partial charge is 0.326 e. The number of benzene rings is 1. The van der Waals surface area contributed by atoms with Crippen molar-refractivity contribution in [2.45, 2.75) is 32.9 Å². The van der Waals surface area contributed by atoms with Gasteiger partial charge in [-0.15, -0.1) is 0 Å². The van der Waals surface area contributed by atoms with Crippen molar-refractivity contribution in [1.82, 2.24) is 9.80 Å². The quantitative estimate of drug-likeness (QED) is 0.775. The minimum atomic E-state index is 0.0876. The fourth-order valence-corrected chi connectivity index (χ4v) is 3.19. The van der Waals surface area contributed by atoms with E-state index in [0.717, 1.165) is 24.1 Å². The van der Waals surface area contributed by atoms with Gasteiger partial charge in [0.15, 0.2) is 0 Å². The van der Waals surface area contributed by atoms with Crippen LogP contribution in [0.3, 0.4) is 0 Å². The summed E-state index contributed by atoms with van der Waals surface area (Å²) in [7, 11) is 4.24. The van der Waals surface area contributed by atoms with Gasteiger partial charge in [0.25, 0.3) is 0 Å². The first-order valence-corrected chi connectivity index (χ1v) is 8.51. The highest BCUT2D eigenvalue weighted by atomic mass is 79.9. The summed E-state index contributed by atoms with van der Waals surface area (Å²) in [4.78, 5) is 4.75. The maximum Gasteiger partial charge on any atom is 0.0508 e. The maximum absolute atomic E-state index is 6.34. The van der Waals surface area contributed by atoms with Gasteiger partial charge >= 0.3 is 0 Å². The third kappa shape index (κ3) is 6.07. The van der Waals surface area contributed by atoms with Gasteiger partial charge in [0.05, 0.1) is 6.04 Å². The third-order valence-electron chi connectivity index (χ3n) is 3.55. The van der Waals surface area contributed by atoms with Crippen LogP contribution in [0.1, 0.15) is 32.4 Å². The van der Waals surface area contributed by atoms with Crippen molar-refractivity contribution in [2.75, 3.05) is 33.7 Å². The molecule has 0 radical (unpaired) electrons. The average molecular weight is 356 g/mol. The van der Waals surface area contributed by atoms with E-state index in [2.05, 4.69) is 84.9 Å². The summed E-state index contributed by atoms with van der Waals surface area (Å²) in [5.41, 5.74) is 7.63.